The molecule has 1 aromatic rings. The molecule has 0 unspecified atom stereocenters. The van der Waals surface area contributed by atoms with Crippen molar-refractivity contribution >= 4 is 12.6 Å². The second kappa shape index (κ2) is 8.37. The zero-order valence-corrected chi connectivity index (χ0v) is 11.0. The summed E-state index contributed by atoms with van der Waals surface area (Å²) in [7, 11) is -0.698. The Morgan fingerprint density at radius 2 is 1.69 bits per heavy atom. The zero-order valence-electron chi connectivity index (χ0n) is 11.0. The van der Waals surface area contributed by atoms with Gasteiger partial charge in [0.15, 0.2) is 0 Å². The monoisotopic (exact) mass is 222 g/mol. The van der Waals surface area contributed by atoms with Crippen molar-refractivity contribution in [3.05, 3.63) is 29.8 Å². The lowest BCUT2D eigenvalue weighted by Crippen LogP contribution is -2.27. The fourth-order valence-electron chi connectivity index (χ4n) is 1.17. The quantitative estimate of drug-likeness (QED) is 0.683. The van der Waals surface area contributed by atoms with Crippen molar-refractivity contribution in [3.8, 4) is 0 Å². The number of fused-ring (bicyclic) bond motifs is 1. The minimum atomic E-state index is -0.698. The summed E-state index contributed by atoms with van der Waals surface area (Å²) in [5.41, 5.74) is 2.00. The number of rotatable bonds is 0. The van der Waals surface area contributed by atoms with Gasteiger partial charge in [-0.1, -0.05) is 58.9 Å². The van der Waals surface area contributed by atoms with Crippen LogP contribution >= 0.6 is 0 Å². The highest BCUT2D eigenvalue weighted by atomic mass is 16.5. The Morgan fingerprint density at radius 1 is 1.19 bits per heavy atom. The summed E-state index contributed by atoms with van der Waals surface area (Å²) < 4.78 is 4.98. The van der Waals surface area contributed by atoms with Crippen LogP contribution in [0.4, 0.5) is 0 Å². The van der Waals surface area contributed by atoms with Crippen LogP contribution in [0.25, 0.3) is 0 Å². The summed E-state index contributed by atoms with van der Waals surface area (Å²) in [5.74, 6) is 0.833. The minimum absolute atomic E-state index is 0.539. The average Bonchev–Trinajstić information content (AvgIpc) is 2.64. The molecule has 0 spiro atoms. The molecule has 1 aromatic carbocycles. The van der Waals surface area contributed by atoms with Crippen LogP contribution in [0, 0.1) is 5.92 Å². The molecule has 90 valence electrons. The molecule has 0 amide bonds. The molecular weight excluding hydrogens is 199 g/mol. The smallest absolute Gasteiger partial charge is 0.423 e. The van der Waals surface area contributed by atoms with Gasteiger partial charge in [0.2, 0.25) is 0 Å². The second-order valence-corrected chi connectivity index (χ2v) is 4.09. The lowest BCUT2D eigenvalue weighted by molar-refractivity contribution is 0.275. The van der Waals surface area contributed by atoms with E-state index in [2.05, 4.69) is 20.8 Å². The Kier molecular flexibility index (Phi) is 7.95. The Hall–Kier alpha value is -0.795. The number of hydrogen-bond acceptors (Lipinski definition) is 2. The van der Waals surface area contributed by atoms with Crippen LogP contribution in [0.1, 0.15) is 40.2 Å². The Bertz CT molecular complexity index is 284. The molecule has 16 heavy (non-hydrogen) atoms. The van der Waals surface area contributed by atoms with Crippen molar-refractivity contribution in [3.63, 3.8) is 0 Å². The van der Waals surface area contributed by atoms with Crippen molar-refractivity contribution < 1.29 is 9.68 Å². The molecular formula is C13H23BO2. The first-order chi connectivity index (χ1) is 7.61. The maximum atomic E-state index is 9.16. The van der Waals surface area contributed by atoms with Gasteiger partial charge in [-0.15, -0.1) is 0 Å². The molecule has 1 N–H and O–H groups in total. The fraction of sp³-hybridized carbons (Fsp3) is 0.538. The predicted molar refractivity (Wildman–Crippen MR) is 70.7 cm³/mol. The average molecular weight is 222 g/mol. The highest BCUT2D eigenvalue weighted by Gasteiger charge is 2.25. The van der Waals surface area contributed by atoms with Gasteiger partial charge in [-0.25, -0.2) is 0 Å². The number of benzene rings is 1. The van der Waals surface area contributed by atoms with Crippen LogP contribution in [0.5, 0.6) is 0 Å². The Balaban J connectivity index is 0.000000323. The predicted octanol–water partition coefficient (Wildman–Crippen LogP) is 2.59. The van der Waals surface area contributed by atoms with Gasteiger partial charge < -0.3 is 9.68 Å². The molecule has 0 radical (unpaired) electrons. The first kappa shape index (κ1) is 15.2. The maximum Gasteiger partial charge on any atom is 0.491 e. The van der Waals surface area contributed by atoms with Crippen LogP contribution < -0.4 is 5.46 Å². The highest BCUT2D eigenvalue weighted by Crippen LogP contribution is 2.07. The van der Waals surface area contributed by atoms with Gasteiger partial charge in [0.05, 0.1) is 6.61 Å². The third-order valence-electron chi connectivity index (χ3n) is 1.72. The lowest BCUT2D eigenvalue weighted by atomic mass is 9.80. The van der Waals surface area contributed by atoms with E-state index in [1.807, 2.05) is 38.1 Å². The van der Waals surface area contributed by atoms with Gasteiger partial charge in [0.25, 0.3) is 0 Å². The van der Waals surface area contributed by atoms with Gasteiger partial charge in [0.1, 0.15) is 0 Å². The van der Waals surface area contributed by atoms with E-state index < -0.39 is 7.12 Å². The van der Waals surface area contributed by atoms with Gasteiger partial charge in [-0.3, -0.25) is 0 Å². The van der Waals surface area contributed by atoms with E-state index in [4.69, 9.17) is 9.68 Å². The molecule has 1 heterocycles. The summed E-state index contributed by atoms with van der Waals surface area (Å²) in [6.45, 7) is 11.0. The second-order valence-electron chi connectivity index (χ2n) is 4.09. The molecule has 0 aromatic heterocycles. The van der Waals surface area contributed by atoms with Crippen molar-refractivity contribution in [2.75, 3.05) is 0 Å². The first-order valence-corrected chi connectivity index (χ1v) is 5.98. The van der Waals surface area contributed by atoms with Gasteiger partial charge in [-0.05, 0) is 16.9 Å². The molecule has 0 saturated carbocycles. The van der Waals surface area contributed by atoms with Crippen molar-refractivity contribution in [1.29, 1.82) is 0 Å². The van der Waals surface area contributed by atoms with Crippen LogP contribution in [0.15, 0.2) is 24.3 Å². The largest absolute Gasteiger partial charge is 0.491 e. The summed E-state index contributed by atoms with van der Waals surface area (Å²) in [4.78, 5) is 0. The van der Waals surface area contributed by atoms with E-state index in [0.717, 1.165) is 16.9 Å². The van der Waals surface area contributed by atoms with Crippen LogP contribution in [0.2, 0.25) is 0 Å². The SMILES string of the molecule is CC.CC(C)C.OB1OCc2ccccc21. The topological polar surface area (TPSA) is 29.5 Å². The minimum Gasteiger partial charge on any atom is -0.423 e. The highest BCUT2D eigenvalue weighted by molar-refractivity contribution is 6.61. The summed E-state index contributed by atoms with van der Waals surface area (Å²) in [5, 5.41) is 9.16. The Labute approximate surface area is 99.8 Å². The molecule has 1 aliphatic rings. The Morgan fingerprint density at radius 3 is 2.19 bits per heavy atom. The van der Waals surface area contributed by atoms with Crippen molar-refractivity contribution in [1.82, 2.24) is 0 Å². The van der Waals surface area contributed by atoms with Crippen molar-refractivity contribution in [2.45, 2.75) is 41.2 Å². The third kappa shape index (κ3) is 5.33. The van der Waals surface area contributed by atoms with E-state index in [-0.39, 0.29) is 0 Å². The first-order valence-electron chi connectivity index (χ1n) is 5.98. The van der Waals surface area contributed by atoms with E-state index >= 15 is 0 Å². The molecule has 0 aliphatic carbocycles. The third-order valence-corrected chi connectivity index (χ3v) is 1.72. The van der Waals surface area contributed by atoms with E-state index in [1.54, 1.807) is 0 Å². The van der Waals surface area contributed by atoms with Crippen molar-refractivity contribution in [2.24, 2.45) is 5.92 Å². The lowest BCUT2D eigenvalue weighted by Gasteiger charge is -1.93. The molecule has 2 nitrogen and oxygen atoms in total. The summed E-state index contributed by atoms with van der Waals surface area (Å²) in [6, 6.07) is 7.69. The van der Waals surface area contributed by atoms with E-state index in [0.29, 0.717) is 6.61 Å². The molecule has 0 bridgehead atoms. The number of hydrogen-bond donors (Lipinski definition) is 1. The molecule has 3 heteroatoms. The molecule has 2 rings (SSSR count). The summed E-state index contributed by atoms with van der Waals surface area (Å²) in [6.07, 6.45) is 0. The van der Waals surface area contributed by atoms with Crippen LogP contribution in [0.3, 0.4) is 0 Å². The van der Waals surface area contributed by atoms with E-state index in [1.165, 1.54) is 0 Å². The van der Waals surface area contributed by atoms with Gasteiger partial charge >= 0.3 is 7.12 Å². The maximum absolute atomic E-state index is 9.16. The standard InChI is InChI=1S/C7H7BO2.C4H10.C2H6/c9-8-7-4-2-1-3-6(7)5-10-8;1-4(2)3;1-2/h1-4,9H,5H2;4H,1-3H3;1-2H3. The fourth-order valence-corrected chi connectivity index (χ4v) is 1.17. The zero-order chi connectivity index (χ0) is 12.6. The summed E-state index contributed by atoms with van der Waals surface area (Å²) >= 11 is 0. The van der Waals surface area contributed by atoms with Crippen LogP contribution in [-0.2, 0) is 11.3 Å². The van der Waals surface area contributed by atoms with Crippen LogP contribution in [-0.4, -0.2) is 12.1 Å². The molecule has 0 atom stereocenters. The molecule has 0 saturated heterocycles. The van der Waals surface area contributed by atoms with Gasteiger partial charge in [0, 0.05) is 0 Å². The normalized spacial score (nSPS) is 12.3. The molecule has 0 fully saturated rings. The van der Waals surface area contributed by atoms with E-state index in [9.17, 15) is 0 Å². The van der Waals surface area contributed by atoms with Gasteiger partial charge in [-0.2, -0.15) is 0 Å². The molecule has 1 aliphatic heterocycles.